The maximum Gasteiger partial charge on any atom is 0.255 e. The highest BCUT2D eigenvalue weighted by molar-refractivity contribution is 6.36. The Morgan fingerprint density at radius 3 is 2.50 bits per heavy atom. The van der Waals surface area contributed by atoms with Crippen molar-refractivity contribution in [2.24, 2.45) is 0 Å². The largest absolute Gasteiger partial charge is 0.398 e. The second-order valence-electron chi connectivity index (χ2n) is 4.51. The molecule has 4 heteroatoms. The zero-order chi connectivity index (χ0) is 14.5. The van der Waals surface area contributed by atoms with Crippen LogP contribution in [-0.2, 0) is 6.54 Å². The van der Waals surface area contributed by atoms with Crippen molar-refractivity contribution < 1.29 is 4.79 Å². The maximum absolute atomic E-state index is 12.5. The first kappa shape index (κ1) is 14.4. The van der Waals surface area contributed by atoms with E-state index in [2.05, 4.69) is 0 Å². The number of carbonyl (C=O) groups is 1. The summed E-state index contributed by atoms with van der Waals surface area (Å²) < 4.78 is 0. The minimum Gasteiger partial charge on any atom is -0.398 e. The van der Waals surface area contributed by atoms with E-state index in [1.165, 1.54) is 0 Å². The van der Waals surface area contributed by atoms with Crippen molar-refractivity contribution in [1.82, 2.24) is 4.90 Å². The molecule has 3 nitrogen and oxygen atoms in total. The third-order valence-electron chi connectivity index (χ3n) is 3.14. The standard InChI is InChI=1S/C16H17ClN2O/c1-2-19(11-12-7-4-3-5-8-12)16(20)13-9-6-10-14(18)15(13)17/h3-10H,2,11,18H2,1H3. The zero-order valence-electron chi connectivity index (χ0n) is 11.3. The molecule has 0 heterocycles. The van der Waals surface area contributed by atoms with Crippen LogP contribution < -0.4 is 5.73 Å². The van der Waals surface area contributed by atoms with E-state index in [4.69, 9.17) is 17.3 Å². The van der Waals surface area contributed by atoms with Crippen molar-refractivity contribution in [3.8, 4) is 0 Å². The predicted octanol–water partition coefficient (Wildman–Crippen LogP) is 3.58. The molecule has 2 aromatic rings. The molecule has 0 spiro atoms. The van der Waals surface area contributed by atoms with E-state index in [1.807, 2.05) is 37.3 Å². The molecular weight excluding hydrogens is 272 g/mol. The molecule has 0 aromatic heterocycles. The second-order valence-corrected chi connectivity index (χ2v) is 4.89. The van der Waals surface area contributed by atoms with Gasteiger partial charge in [0.2, 0.25) is 0 Å². The van der Waals surface area contributed by atoms with E-state index in [9.17, 15) is 4.79 Å². The van der Waals surface area contributed by atoms with Crippen LogP contribution in [0.3, 0.4) is 0 Å². The van der Waals surface area contributed by atoms with Gasteiger partial charge in [-0.05, 0) is 24.6 Å². The maximum atomic E-state index is 12.5. The van der Waals surface area contributed by atoms with Crippen LogP contribution in [0.4, 0.5) is 5.69 Å². The van der Waals surface area contributed by atoms with Crippen molar-refractivity contribution in [1.29, 1.82) is 0 Å². The Kier molecular flexibility index (Phi) is 4.64. The Balaban J connectivity index is 2.23. The van der Waals surface area contributed by atoms with Crippen molar-refractivity contribution in [2.75, 3.05) is 12.3 Å². The monoisotopic (exact) mass is 288 g/mol. The molecule has 0 atom stereocenters. The predicted molar refractivity (Wildman–Crippen MR) is 82.7 cm³/mol. The molecule has 2 N–H and O–H groups in total. The summed E-state index contributed by atoms with van der Waals surface area (Å²) in [6.07, 6.45) is 0. The lowest BCUT2D eigenvalue weighted by atomic mass is 10.1. The van der Waals surface area contributed by atoms with E-state index in [0.29, 0.717) is 29.4 Å². The molecule has 0 saturated heterocycles. The second kappa shape index (κ2) is 6.44. The SMILES string of the molecule is CCN(Cc1ccccc1)C(=O)c1cccc(N)c1Cl. The highest BCUT2D eigenvalue weighted by Crippen LogP contribution is 2.24. The number of nitrogen functional groups attached to an aromatic ring is 1. The highest BCUT2D eigenvalue weighted by atomic mass is 35.5. The van der Waals surface area contributed by atoms with Gasteiger partial charge in [0, 0.05) is 13.1 Å². The van der Waals surface area contributed by atoms with E-state index < -0.39 is 0 Å². The van der Waals surface area contributed by atoms with Crippen LogP contribution in [0.25, 0.3) is 0 Å². The third kappa shape index (κ3) is 3.11. The smallest absolute Gasteiger partial charge is 0.255 e. The average Bonchev–Trinajstić information content (AvgIpc) is 2.48. The number of nitrogens with zero attached hydrogens (tertiary/aromatic N) is 1. The number of hydrogen-bond acceptors (Lipinski definition) is 2. The summed E-state index contributed by atoms with van der Waals surface area (Å²) in [5.41, 5.74) is 7.71. The number of rotatable bonds is 4. The highest BCUT2D eigenvalue weighted by Gasteiger charge is 2.18. The molecule has 0 fully saturated rings. The normalized spacial score (nSPS) is 10.3. The van der Waals surface area contributed by atoms with Crippen LogP contribution in [0.15, 0.2) is 48.5 Å². The van der Waals surface area contributed by atoms with Crippen LogP contribution >= 0.6 is 11.6 Å². The van der Waals surface area contributed by atoms with Gasteiger partial charge in [0.1, 0.15) is 0 Å². The molecule has 0 aliphatic carbocycles. The van der Waals surface area contributed by atoms with Gasteiger partial charge in [0.05, 0.1) is 16.3 Å². The summed E-state index contributed by atoms with van der Waals surface area (Å²) in [5, 5.41) is 0.323. The van der Waals surface area contributed by atoms with E-state index >= 15 is 0 Å². The fourth-order valence-corrected chi connectivity index (χ4v) is 2.22. The molecular formula is C16H17ClN2O. The first-order valence-corrected chi connectivity index (χ1v) is 6.88. The Morgan fingerprint density at radius 1 is 1.15 bits per heavy atom. The van der Waals surface area contributed by atoms with Gasteiger partial charge in [-0.2, -0.15) is 0 Å². The lowest BCUT2D eigenvalue weighted by Gasteiger charge is -2.22. The third-order valence-corrected chi connectivity index (χ3v) is 3.57. The van der Waals surface area contributed by atoms with Crippen LogP contribution in [-0.4, -0.2) is 17.4 Å². The topological polar surface area (TPSA) is 46.3 Å². The molecule has 2 aromatic carbocycles. The number of halogens is 1. The van der Waals surface area contributed by atoms with Crippen molar-refractivity contribution in [2.45, 2.75) is 13.5 Å². The Hall–Kier alpha value is -2.00. The molecule has 0 bridgehead atoms. The zero-order valence-corrected chi connectivity index (χ0v) is 12.1. The lowest BCUT2D eigenvalue weighted by Crippen LogP contribution is -2.30. The first-order chi connectivity index (χ1) is 9.63. The molecule has 104 valence electrons. The van der Waals surface area contributed by atoms with Crippen LogP contribution in [0.2, 0.25) is 5.02 Å². The van der Waals surface area contributed by atoms with Crippen molar-refractivity contribution >= 4 is 23.2 Å². The summed E-state index contributed by atoms with van der Waals surface area (Å²) >= 11 is 6.12. The molecule has 0 unspecified atom stereocenters. The van der Waals surface area contributed by atoms with E-state index in [0.717, 1.165) is 5.56 Å². The van der Waals surface area contributed by atoms with Crippen molar-refractivity contribution in [3.05, 3.63) is 64.7 Å². The summed E-state index contributed by atoms with van der Waals surface area (Å²) in [6.45, 7) is 3.11. The Labute approximate surface area is 124 Å². The minimum atomic E-state index is -0.103. The summed E-state index contributed by atoms with van der Waals surface area (Å²) in [5.74, 6) is -0.103. The number of anilines is 1. The van der Waals surface area contributed by atoms with Gasteiger partial charge in [-0.25, -0.2) is 0 Å². The molecule has 20 heavy (non-hydrogen) atoms. The summed E-state index contributed by atoms with van der Waals surface area (Å²) in [4.78, 5) is 14.3. The molecule has 0 aliphatic rings. The summed E-state index contributed by atoms with van der Waals surface area (Å²) in [7, 11) is 0. The number of amides is 1. The van der Waals surface area contributed by atoms with Gasteiger partial charge >= 0.3 is 0 Å². The van der Waals surface area contributed by atoms with Crippen LogP contribution in [0.5, 0.6) is 0 Å². The first-order valence-electron chi connectivity index (χ1n) is 6.50. The van der Waals surface area contributed by atoms with Crippen LogP contribution in [0, 0.1) is 0 Å². The molecule has 0 aliphatic heterocycles. The molecule has 2 rings (SSSR count). The van der Waals surface area contributed by atoms with Gasteiger partial charge in [0.25, 0.3) is 5.91 Å². The fourth-order valence-electron chi connectivity index (χ4n) is 2.02. The Morgan fingerprint density at radius 2 is 1.85 bits per heavy atom. The fraction of sp³-hybridized carbons (Fsp3) is 0.188. The minimum absolute atomic E-state index is 0.103. The summed E-state index contributed by atoms with van der Waals surface area (Å²) in [6, 6.07) is 15.0. The molecule has 1 amide bonds. The molecule has 0 radical (unpaired) electrons. The quantitative estimate of drug-likeness (QED) is 0.874. The van der Waals surface area contributed by atoms with Gasteiger partial charge in [-0.3, -0.25) is 4.79 Å². The van der Waals surface area contributed by atoms with Gasteiger partial charge in [0.15, 0.2) is 0 Å². The number of carbonyl (C=O) groups excluding carboxylic acids is 1. The number of hydrogen-bond donors (Lipinski definition) is 1. The van der Waals surface area contributed by atoms with Crippen molar-refractivity contribution in [3.63, 3.8) is 0 Å². The van der Waals surface area contributed by atoms with Gasteiger partial charge in [-0.1, -0.05) is 48.0 Å². The van der Waals surface area contributed by atoms with E-state index in [-0.39, 0.29) is 5.91 Å². The Bertz CT molecular complexity index is 599. The average molecular weight is 289 g/mol. The van der Waals surface area contributed by atoms with Gasteiger partial charge < -0.3 is 10.6 Å². The number of benzene rings is 2. The number of nitrogens with two attached hydrogens (primary N) is 1. The lowest BCUT2D eigenvalue weighted by molar-refractivity contribution is 0.0753. The molecule has 0 saturated carbocycles. The van der Waals surface area contributed by atoms with Gasteiger partial charge in [-0.15, -0.1) is 0 Å². The van der Waals surface area contributed by atoms with Crippen LogP contribution in [0.1, 0.15) is 22.8 Å². The van der Waals surface area contributed by atoms with E-state index in [1.54, 1.807) is 23.1 Å².